The predicted octanol–water partition coefficient (Wildman–Crippen LogP) is 2.31. The number of ether oxygens (including phenoxy) is 2. The Morgan fingerprint density at radius 2 is 2.10 bits per heavy atom. The van der Waals surface area contributed by atoms with Crippen LogP contribution >= 0.6 is 0 Å². The number of guanidine groups is 1. The molecule has 1 aliphatic carbocycles. The fourth-order valence-corrected chi connectivity index (χ4v) is 2.00. The van der Waals surface area contributed by atoms with Gasteiger partial charge in [-0.15, -0.1) is 0 Å². The highest BCUT2D eigenvalue weighted by atomic mass is 16.5. The van der Waals surface area contributed by atoms with E-state index < -0.39 is 0 Å². The zero-order valence-corrected chi connectivity index (χ0v) is 13.1. The van der Waals surface area contributed by atoms with Crippen molar-refractivity contribution in [2.24, 2.45) is 4.99 Å². The van der Waals surface area contributed by atoms with E-state index in [0.717, 1.165) is 29.6 Å². The van der Waals surface area contributed by atoms with Gasteiger partial charge in [-0.25, -0.2) is 4.99 Å². The number of methoxy groups -OCH3 is 1. The van der Waals surface area contributed by atoms with Crippen molar-refractivity contribution in [2.75, 3.05) is 20.3 Å². The van der Waals surface area contributed by atoms with Gasteiger partial charge >= 0.3 is 0 Å². The van der Waals surface area contributed by atoms with Crippen molar-refractivity contribution in [3.05, 3.63) is 23.8 Å². The third-order valence-electron chi connectivity index (χ3n) is 3.21. The molecule has 0 heterocycles. The molecule has 0 bridgehead atoms. The lowest BCUT2D eigenvalue weighted by atomic mass is 10.2. The first-order chi connectivity index (χ1) is 10.3. The maximum absolute atomic E-state index is 5.59. The van der Waals surface area contributed by atoms with E-state index in [4.69, 9.17) is 9.47 Å². The first kappa shape index (κ1) is 15.5. The highest BCUT2D eigenvalue weighted by Crippen LogP contribution is 2.28. The predicted molar refractivity (Wildman–Crippen MR) is 85.1 cm³/mol. The Labute approximate surface area is 126 Å². The summed E-state index contributed by atoms with van der Waals surface area (Å²) in [5, 5.41) is 6.68. The number of nitrogens with one attached hydrogen (secondary N) is 2. The summed E-state index contributed by atoms with van der Waals surface area (Å²) in [5.74, 6) is 2.41. The van der Waals surface area contributed by atoms with Gasteiger partial charge < -0.3 is 20.1 Å². The van der Waals surface area contributed by atoms with Gasteiger partial charge in [-0.05, 0) is 44.4 Å². The molecule has 0 atom stereocenters. The summed E-state index contributed by atoms with van der Waals surface area (Å²) in [6.07, 6.45) is 2.48. The number of aliphatic imine (C=N–C) groups is 1. The largest absolute Gasteiger partial charge is 0.493 e. The average Bonchev–Trinajstić information content (AvgIpc) is 3.29. The van der Waals surface area contributed by atoms with Gasteiger partial charge in [0, 0.05) is 12.6 Å². The smallest absolute Gasteiger partial charge is 0.191 e. The van der Waals surface area contributed by atoms with Crippen molar-refractivity contribution < 1.29 is 9.47 Å². The van der Waals surface area contributed by atoms with Crippen LogP contribution in [-0.2, 0) is 6.54 Å². The van der Waals surface area contributed by atoms with Crippen LogP contribution in [0.15, 0.2) is 23.2 Å². The highest BCUT2D eigenvalue weighted by Gasteiger charge is 2.22. The molecule has 1 fully saturated rings. The van der Waals surface area contributed by atoms with E-state index in [0.29, 0.717) is 19.2 Å². The third-order valence-corrected chi connectivity index (χ3v) is 3.21. The Morgan fingerprint density at radius 3 is 2.71 bits per heavy atom. The standard InChI is InChI=1S/C16H25N3O2/c1-4-17-16(19-13-7-8-13)18-11-12-6-9-14(20-3)15(10-12)21-5-2/h6,9-10,13H,4-5,7-8,11H2,1-3H3,(H2,17,18,19). The van der Waals surface area contributed by atoms with Crippen molar-refractivity contribution in [2.45, 2.75) is 39.3 Å². The van der Waals surface area contributed by atoms with Crippen LogP contribution in [0.25, 0.3) is 0 Å². The Bertz CT molecular complexity index is 484. The minimum Gasteiger partial charge on any atom is -0.493 e. The molecular formula is C16H25N3O2. The summed E-state index contributed by atoms with van der Waals surface area (Å²) in [5.41, 5.74) is 1.10. The second kappa shape index (κ2) is 7.76. The fourth-order valence-electron chi connectivity index (χ4n) is 2.00. The molecule has 1 aromatic rings. The topological polar surface area (TPSA) is 54.9 Å². The molecule has 2 N–H and O–H groups in total. The van der Waals surface area contributed by atoms with Crippen LogP contribution in [0.5, 0.6) is 11.5 Å². The summed E-state index contributed by atoms with van der Waals surface area (Å²) >= 11 is 0. The van der Waals surface area contributed by atoms with E-state index >= 15 is 0 Å². The summed E-state index contributed by atoms with van der Waals surface area (Å²) in [7, 11) is 1.65. The molecule has 2 rings (SSSR count). The quantitative estimate of drug-likeness (QED) is 0.598. The van der Waals surface area contributed by atoms with Crippen molar-refractivity contribution in [3.63, 3.8) is 0 Å². The fraction of sp³-hybridized carbons (Fsp3) is 0.562. The molecule has 1 aromatic carbocycles. The van der Waals surface area contributed by atoms with E-state index in [-0.39, 0.29) is 0 Å². The number of hydrogen-bond acceptors (Lipinski definition) is 3. The molecule has 5 heteroatoms. The zero-order chi connectivity index (χ0) is 15.1. The van der Waals surface area contributed by atoms with Crippen LogP contribution in [0.3, 0.4) is 0 Å². The van der Waals surface area contributed by atoms with Crippen molar-refractivity contribution in [3.8, 4) is 11.5 Å². The van der Waals surface area contributed by atoms with E-state index in [1.54, 1.807) is 7.11 Å². The first-order valence-corrected chi connectivity index (χ1v) is 7.61. The summed E-state index contributed by atoms with van der Waals surface area (Å²) < 4.78 is 10.9. The van der Waals surface area contributed by atoms with E-state index in [1.807, 2.05) is 25.1 Å². The molecule has 116 valence electrons. The number of nitrogens with zero attached hydrogens (tertiary/aromatic N) is 1. The van der Waals surface area contributed by atoms with Crippen molar-refractivity contribution >= 4 is 5.96 Å². The van der Waals surface area contributed by atoms with Gasteiger partial charge in [-0.3, -0.25) is 0 Å². The van der Waals surface area contributed by atoms with Crippen LogP contribution in [-0.4, -0.2) is 32.3 Å². The van der Waals surface area contributed by atoms with Gasteiger partial charge in [0.2, 0.25) is 0 Å². The van der Waals surface area contributed by atoms with Crippen LogP contribution in [0, 0.1) is 0 Å². The first-order valence-electron chi connectivity index (χ1n) is 7.61. The molecule has 0 aromatic heterocycles. The summed E-state index contributed by atoms with van der Waals surface area (Å²) in [6, 6.07) is 6.53. The van der Waals surface area contributed by atoms with Crippen LogP contribution in [0.1, 0.15) is 32.3 Å². The van der Waals surface area contributed by atoms with Crippen molar-refractivity contribution in [1.82, 2.24) is 10.6 Å². The van der Waals surface area contributed by atoms with Crippen LogP contribution in [0.2, 0.25) is 0 Å². The lowest BCUT2D eigenvalue weighted by molar-refractivity contribution is 0.310. The summed E-state index contributed by atoms with van der Waals surface area (Å²) in [4.78, 5) is 4.62. The lowest BCUT2D eigenvalue weighted by Gasteiger charge is -2.12. The Morgan fingerprint density at radius 1 is 1.29 bits per heavy atom. The normalized spacial score (nSPS) is 14.7. The molecular weight excluding hydrogens is 266 g/mol. The second-order valence-electron chi connectivity index (χ2n) is 5.03. The maximum atomic E-state index is 5.59. The monoisotopic (exact) mass is 291 g/mol. The average molecular weight is 291 g/mol. The van der Waals surface area contributed by atoms with Gasteiger partial charge in [-0.1, -0.05) is 6.07 Å². The molecule has 0 amide bonds. The Balaban J connectivity index is 2.04. The maximum Gasteiger partial charge on any atom is 0.191 e. The molecule has 0 unspecified atom stereocenters. The molecule has 1 aliphatic rings. The SMILES string of the molecule is CCNC(=NCc1ccc(OC)c(OCC)c1)NC1CC1. The minimum absolute atomic E-state index is 0.595. The molecule has 21 heavy (non-hydrogen) atoms. The summed E-state index contributed by atoms with van der Waals surface area (Å²) in [6.45, 7) is 6.14. The van der Waals surface area contributed by atoms with Gasteiger partial charge in [0.15, 0.2) is 17.5 Å². The molecule has 0 saturated heterocycles. The van der Waals surface area contributed by atoms with Gasteiger partial charge in [0.1, 0.15) is 0 Å². The van der Waals surface area contributed by atoms with E-state index in [9.17, 15) is 0 Å². The highest BCUT2D eigenvalue weighted by molar-refractivity contribution is 5.80. The lowest BCUT2D eigenvalue weighted by Crippen LogP contribution is -2.38. The van der Waals surface area contributed by atoms with Crippen LogP contribution in [0.4, 0.5) is 0 Å². The molecule has 0 radical (unpaired) electrons. The van der Waals surface area contributed by atoms with Crippen LogP contribution < -0.4 is 20.1 Å². The van der Waals surface area contributed by atoms with E-state index in [1.165, 1.54) is 12.8 Å². The van der Waals surface area contributed by atoms with Gasteiger partial charge in [0.25, 0.3) is 0 Å². The number of benzene rings is 1. The molecule has 1 saturated carbocycles. The van der Waals surface area contributed by atoms with Crippen molar-refractivity contribution in [1.29, 1.82) is 0 Å². The molecule has 5 nitrogen and oxygen atoms in total. The molecule has 0 spiro atoms. The van der Waals surface area contributed by atoms with Gasteiger partial charge in [0.05, 0.1) is 20.3 Å². The van der Waals surface area contributed by atoms with Gasteiger partial charge in [-0.2, -0.15) is 0 Å². The number of rotatable bonds is 7. The number of hydrogen-bond donors (Lipinski definition) is 2. The van der Waals surface area contributed by atoms with E-state index in [2.05, 4.69) is 22.5 Å². The molecule has 0 aliphatic heterocycles. The Hall–Kier alpha value is -1.91. The third kappa shape index (κ3) is 4.85. The second-order valence-corrected chi connectivity index (χ2v) is 5.03. The zero-order valence-electron chi connectivity index (χ0n) is 13.1. The Kier molecular flexibility index (Phi) is 5.72. The minimum atomic E-state index is 0.595.